The number of nitrogens with zero attached hydrogens (tertiary/aromatic N) is 2. The summed E-state index contributed by atoms with van der Waals surface area (Å²) >= 11 is 3.36. The number of methoxy groups -OCH3 is 1. The van der Waals surface area contributed by atoms with E-state index >= 15 is 0 Å². The Hall–Kier alpha value is -0.880. The first-order valence-electron chi connectivity index (χ1n) is 5.59. The smallest absolute Gasteiger partial charge is 0.233 e. The second kappa shape index (κ2) is 7.45. The highest BCUT2D eigenvalue weighted by Crippen LogP contribution is 2.23. The van der Waals surface area contributed by atoms with E-state index in [9.17, 15) is 0 Å². The zero-order chi connectivity index (χ0) is 12.7. The minimum absolute atomic E-state index is 0.0507. The Morgan fingerprint density at radius 3 is 2.94 bits per heavy atom. The van der Waals surface area contributed by atoms with Gasteiger partial charge >= 0.3 is 0 Å². The summed E-state index contributed by atoms with van der Waals surface area (Å²) in [5, 5.41) is 3.11. The number of halogens is 1. The van der Waals surface area contributed by atoms with Gasteiger partial charge in [-0.15, -0.1) is 0 Å². The highest BCUT2D eigenvalue weighted by atomic mass is 79.9. The number of anilines is 1. The topological polar surface area (TPSA) is 56.3 Å². The lowest BCUT2D eigenvalue weighted by Gasteiger charge is -2.14. The lowest BCUT2D eigenvalue weighted by molar-refractivity contribution is 0.0884. The molecule has 1 aromatic rings. The number of hydrogen-bond donors (Lipinski definition) is 1. The molecule has 17 heavy (non-hydrogen) atoms. The molecule has 1 unspecified atom stereocenters. The van der Waals surface area contributed by atoms with Gasteiger partial charge in [0.1, 0.15) is 6.10 Å². The number of nitrogens with one attached hydrogen (secondary N) is 1. The highest BCUT2D eigenvalue weighted by Gasteiger charge is 2.10. The molecule has 1 heterocycles. The van der Waals surface area contributed by atoms with Crippen molar-refractivity contribution in [2.24, 2.45) is 0 Å². The number of aromatic nitrogens is 2. The third-order valence-corrected chi connectivity index (χ3v) is 2.50. The van der Waals surface area contributed by atoms with Crippen LogP contribution in [-0.2, 0) is 4.74 Å². The molecular weight excluding hydrogens is 286 g/mol. The lowest BCUT2D eigenvalue weighted by atomic mass is 10.4. The summed E-state index contributed by atoms with van der Waals surface area (Å²) in [7, 11) is 1.64. The Morgan fingerprint density at radius 1 is 1.53 bits per heavy atom. The molecule has 0 radical (unpaired) electrons. The minimum atomic E-state index is -0.0507. The molecule has 0 fully saturated rings. The fourth-order valence-corrected chi connectivity index (χ4v) is 1.50. The van der Waals surface area contributed by atoms with Crippen molar-refractivity contribution in [1.82, 2.24) is 9.97 Å². The van der Waals surface area contributed by atoms with E-state index in [4.69, 9.17) is 9.47 Å². The molecule has 1 aromatic heterocycles. The van der Waals surface area contributed by atoms with Crippen LogP contribution in [0, 0.1) is 0 Å². The van der Waals surface area contributed by atoms with Gasteiger partial charge in [0.05, 0.1) is 17.3 Å². The van der Waals surface area contributed by atoms with Crippen molar-refractivity contribution in [2.45, 2.75) is 26.4 Å². The summed E-state index contributed by atoms with van der Waals surface area (Å²) in [6, 6.07) is 0. The number of hydrogen-bond acceptors (Lipinski definition) is 5. The molecule has 1 N–H and O–H groups in total. The highest BCUT2D eigenvalue weighted by molar-refractivity contribution is 9.10. The molecule has 0 aliphatic rings. The molecule has 0 aliphatic carbocycles. The molecule has 0 amide bonds. The van der Waals surface area contributed by atoms with Crippen molar-refractivity contribution in [3.63, 3.8) is 0 Å². The molecule has 0 aliphatic heterocycles. The average Bonchev–Trinajstić information content (AvgIpc) is 2.30. The van der Waals surface area contributed by atoms with E-state index in [-0.39, 0.29) is 6.10 Å². The predicted molar refractivity (Wildman–Crippen MR) is 70.5 cm³/mol. The fraction of sp³-hybridized carbons (Fsp3) is 0.636. The van der Waals surface area contributed by atoms with E-state index < -0.39 is 0 Å². The maximum Gasteiger partial charge on any atom is 0.233 e. The number of rotatable bonds is 7. The van der Waals surface area contributed by atoms with Crippen LogP contribution in [0.15, 0.2) is 10.7 Å². The van der Waals surface area contributed by atoms with E-state index in [1.165, 1.54) is 0 Å². The van der Waals surface area contributed by atoms with Crippen LogP contribution in [0.3, 0.4) is 0 Å². The largest absolute Gasteiger partial charge is 0.471 e. The molecule has 1 atom stereocenters. The summed E-state index contributed by atoms with van der Waals surface area (Å²) in [4.78, 5) is 8.43. The zero-order valence-electron chi connectivity index (χ0n) is 10.4. The van der Waals surface area contributed by atoms with Crippen molar-refractivity contribution in [3.8, 4) is 5.88 Å². The first-order valence-corrected chi connectivity index (χ1v) is 6.38. The summed E-state index contributed by atoms with van der Waals surface area (Å²) in [6.07, 6.45) is 2.65. The molecule has 0 saturated heterocycles. The monoisotopic (exact) mass is 303 g/mol. The maximum atomic E-state index is 5.64. The van der Waals surface area contributed by atoms with Gasteiger partial charge in [0.25, 0.3) is 0 Å². The summed E-state index contributed by atoms with van der Waals surface area (Å²) in [6.45, 7) is 5.38. The van der Waals surface area contributed by atoms with E-state index in [2.05, 4.69) is 38.1 Å². The van der Waals surface area contributed by atoms with E-state index in [1.54, 1.807) is 13.3 Å². The van der Waals surface area contributed by atoms with Gasteiger partial charge in [-0.25, -0.2) is 4.98 Å². The van der Waals surface area contributed by atoms with Crippen LogP contribution in [0.25, 0.3) is 0 Å². The van der Waals surface area contributed by atoms with Crippen molar-refractivity contribution in [3.05, 3.63) is 10.7 Å². The van der Waals surface area contributed by atoms with E-state index in [0.717, 1.165) is 17.4 Å². The third kappa shape index (κ3) is 4.87. The molecule has 0 saturated carbocycles. The lowest BCUT2D eigenvalue weighted by Crippen LogP contribution is -2.19. The fourth-order valence-electron chi connectivity index (χ4n) is 1.22. The van der Waals surface area contributed by atoms with Crippen molar-refractivity contribution < 1.29 is 9.47 Å². The van der Waals surface area contributed by atoms with Gasteiger partial charge in [0, 0.05) is 13.7 Å². The van der Waals surface area contributed by atoms with Gasteiger partial charge in [-0.1, -0.05) is 6.92 Å². The predicted octanol–water partition coefficient (Wildman–Crippen LogP) is 2.47. The summed E-state index contributed by atoms with van der Waals surface area (Å²) in [5.74, 6) is 1.11. The van der Waals surface area contributed by atoms with Crippen LogP contribution in [-0.4, -0.2) is 36.3 Å². The van der Waals surface area contributed by atoms with Crippen LogP contribution in [0.2, 0.25) is 0 Å². The van der Waals surface area contributed by atoms with Crippen LogP contribution >= 0.6 is 15.9 Å². The van der Waals surface area contributed by atoms with E-state index in [1.807, 2.05) is 6.92 Å². The van der Waals surface area contributed by atoms with Crippen molar-refractivity contribution in [2.75, 3.05) is 25.6 Å². The molecule has 0 spiro atoms. The third-order valence-electron chi connectivity index (χ3n) is 1.96. The molecule has 1 rings (SSSR count). The summed E-state index contributed by atoms with van der Waals surface area (Å²) in [5.41, 5.74) is 0. The van der Waals surface area contributed by atoms with Gasteiger partial charge in [-0.05, 0) is 29.3 Å². The van der Waals surface area contributed by atoms with Gasteiger partial charge < -0.3 is 14.8 Å². The first kappa shape index (κ1) is 14.2. The molecule has 0 bridgehead atoms. The van der Waals surface area contributed by atoms with Crippen LogP contribution in [0.1, 0.15) is 20.3 Å². The van der Waals surface area contributed by atoms with Crippen LogP contribution in [0.4, 0.5) is 5.95 Å². The summed E-state index contributed by atoms with van der Waals surface area (Å²) < 4.78 is 11.4. The maximum absolute atomic E-state index is 5.64. The second-order valence-corrected chi connectivity index (χ2v) is 4.51. The Morgan fingerprint density at radius 2 is 2.29 bits per heavy atom. The molecular formula is C11H18BrN3O2. The number of ether oxygens (including phenoxy) is 2. The second-order valence-electron chi connectivity index (χ2n) is 3.66. The van der Waals surface area contributed by atoms with Crippen LogP contribution in [0.5, 0.6) is 5.88 Å². The molecule has 5 nitrogen and oxygen atoms in total. The quantitative estimate of drug-likeness (QED) is 0.838. The first-order chi connectivity index (χ1) is 8.17. The van der Waals surface area contributed by atoms with Gasteiger partial charge in [-0.3, -0.25) is 0 Å². The van der Waals surface area contributed by atoms with Crippen molar-refractivity contribution >= 4 is 21.9 Å². The van der Waals surface area contributed by atoms with E-state index in [0.29, 0.717) is 18.4 Å². The molecule has 6 heteroatoms. The standard InChI is InChI=1S/C11H18BrN3O2/c1-4-5-13-11-14-6-9(12)10(15-11)17-8(2)7-16-3/h6,8H,4-5,7H2,1-3H3,(H,13,14,15). The minimum Gasteiger partial charge on any atom is -0.471 e. The average molecular weight is 304 g/mol. The zero-order valence-corrected chi connectivity index (χ0v) is 12.0. The van der Waals surface area contributed by atoms with Gasteiger partial charge in [0.2, 0.25) is 11.8 Å². The SMILES string of the molecule is CCCNc1ncc(Br)c(OC(C)COC)n1. The Kier molecular flexibility index (Phi) is 6.21. The Balaban J connectivity index is 2.68. The Bertz CT molecular complexity index is 349. The van der Waals surface area contributed by atoms with Crippen LogP contribution < -0.4 is 10.1 Å². The Labute approximate surface area is 110 Å². The van der Waals surface area contributed by atoms with Gasteiger partial charge in [-0.2, -0.15) is 4.98 Å². The molecule has 0 aromatic carbocycles. The normalized spacial score (nSPS) is 12.2. The van der Waals surface area contributed by atoms with Gasteiger partial charge in [0.15, 0.2) is 0 Å². The molecule has 96 valence electrons. The van der Waals surface area contributed by atoms with Crippen molar-refractivity contribution in [1.29, 1.82) is 0 Å².